The quantitative estimate of drug-likeness (QED) is 0.0957. The summed E-state index contributed by atoms with van der Waals surface area (Å²) in [5.41, 5.74) is 5.70. The van der Waals surface area contributed by atoms with Gasteiger partial charge in [0.05, 0.1) is 36.4 Å². The average Bonchev–Trinajstić information content (AvgIpc) is 3.55. The van der Waals surface area contributed by atoms with E-state index in [0.717, 1.165) is 27.9 Å². The molecular weight excluding hydrogens is 659 g/mol. The molecule has 0 aliphatic heterocycles. The van der Waals surface area contributed by atoms with Crippen molar-refractivity contribution in [3.63, 3.8) is 0 Å². The number of carbonyl (C=O) groups excluding carboxylic acids is 1. The van der Waals surface area contributed by atoms with Crippen LogP contribution in [0.4, 0.5) is 16.5 Å². The number of aryl methyl sites for hydroxylation is 1. The first-order chi connectivity index (χ1) is 23.5. The third-order valence-electron chi connectivity index (χ3n) is 7.88. The Morgan fingerprint density at radius 2 is 1.78 bits per heavy atom. The van der Waals surface area contributed by atoms with Crippen LogP contribution in [0.5, 0.6) is 5.75 Å². The van der Waals surface area contributed by atoms with E-state index in [-0.39, 0.29) is 12.3 Å². The molecule has 0 aliphatic rings. The third-order valence-corrected chi connectivity index (χ3v) is 9.95. The number of rotatable bonds is 15. The van der Waals surface area contributed by atoms with Gasteiger partial charge in [-0.3, -0.25) is 14.5 Å². The molecule has 256 valence electrons. The van der Waals surface area contributed by atoms with E-state index in [4.69, 9.17) is 4.74 Å². The predicted molar refractivity (Wildman–Crippen MR) is 196 cm³/mol. The molecule has 5 aromatic rings. The van der Waals surface area contributed by atoms with Crippen LogP contribution in [0.2, 0.25) is 0 Å². The van der Waals surface area contributed by atoms with E-state index in [1.165, 1.54) is 11.3 Å². The molecule has 10 nitrogen and oxygen atoms in total. The topological polar surface area (TPSA) is 143 Å². The molecule has 2 atom stereocenters. The number of benzene rings is 3. The molecule has 0 bridgehead atoms. The minimum Gasteiger partial charge on any atom is -0.497 e. The largest absolute Gasteiger partial charge is 0.497 e. The van der Waals surface area contributed by atoms with Gasteiger partial charge >= 0.3 is 0 Å². The molecular formula is C37H41N5O5S2. The van der Waals surface area contributed by atoms with Gasteiger partial charge in [0.1, 0.15) is 5.75 Å². The Bertz CT molecular complexity index is 1970. The minimum atomic E-state index is -4.03. The van der Waals surface area contributed by atoms with Crippen molar-refractivity contribution in [1.29, 1.82) is 0 Å². The van der Waals surface area contributed by atoms with Crippen LogP contribution in [0.1, 0.15) is 40.9 Å². The van der Waals surface area contributed by atoms with Crippen molar-refractivity contribution in [1.82, 2.24) is 15.3 Å². The number of hydrogen-bond donors (Lipinski definition) is 4. The number of sulfonamides is 1. The van der Waals surface area contributed by atoms with Crippen molar-refractivity contribution >= 4 is 43.8 Å². The number of hydrogen-bond acceptors (Lipinski definition) is 9. The fourth-order valence-electron chi connectivity index (χ4n) is 5.35. The van der Waals surface area contributed by atoms with E-state index in [1.54, 1.807) is 43.8 Å². The first kappa shape index (κ1) is 35.5. The van der Waals surface area contributed by atoms with Gasteiger partial charge in [-0.2, -0.15) is 0 Å². The van der Waals surface area contributed by atoms with Crippen LogP contribution in [-0.4, -0.2) is 54.4 Å². The van der Waals surface area contributed by atoms with E-state index in [9.17, 15) is 18.3 Å². The van der Waals surface area contributed by atoms with Gasteiger partial charge in [0, 0.05) is 34.6 Å². The monoisotopic (exact) mass is 699 g/mol. The summed E-state index contributed by atoms with van der Waals surface area (Å²) >= 11 is 1.44. The molecule has 0 aliphatic carbocycles. The number of amides is 1. The fraction of sp³-hybridized carbons (Fsp3) is 0.270. The van der Waals surface area contributed by atoms with Crippen molar-refractivity contribution in [2.24, 2.45) is 5.92 Å². The van der Waals surface area contributed by atoms with E-state index in [1.807, 2.05) is 80.7 Å². The number of nitrogens with one attached hydrogen (secondary N) is 3. The molecule has 12 heteroatoms. The molecule has 49 heavy (non-hydrogen) atoms. The number of ether oxygens (including phenoxy) is 1. The lowest BCUT2D eigenvalue weighted by Crippen LogP contribution is -2.48. The Hall–Kier alpha value is -4.78. The normalized spacial score (nSPS) is 12.7. The average molecular weight is 700 g/mol. The zero-order valence-electron chi connectivity index (χ0n) is 27.9. The summed E-state index contributed by atoms with van der Waals surface area (Å²) in [5, 5.41) is 20.2. The number of carbonyl (C=O) groups is 1. The number of thiazole rings is 1. The Morgan fingerprint density at radius 1 is 0.980 bits per heavy atom. The van der Waals surface area contributed by atoms with Gasteiger partial charge < -0.3 is 20.5 Å². The second kappa shape index (κ2) is 16.1. The third kappa shape index (κ3) is 9.88. The summed E-state index contributed by atoms with van der Waals surface area (Å²) in [5.74, 6) is -0.172. The predicted octanol–water partition coefficient (Wildman–Crippen LogP) is 6.61. The highest BCUT2D eigenvalue weighted by Crippen LogP contribution is 2.29. The lowest BCUT2D eigenvalue weighted by Gasteiger charge is -2.25. The highest BCUT2D eigenvalue weighted by Gasteiger charge is 2.28. The second-order valence-electron chi connectivity index (χ2n) is 12.3. The van der Waals surface area contributed by atoms with Crippen molar-refractivity contribution in [2.75, 3.05) is 22.9 Å². The smallest absolute Gasteiger partial charge is 0.251 e. The lowest BCUT2D eigenvalue weighted by molar-refractivity contribution is 0.0862. The van der Waals surface area contributed by atoms with Crippen molar-refractivity contribution < 1.29 is 23.1 Å². The summed E-state index contributed by atoms with van der Waals surface area (Å²) in [6.07, 6.45) is 2.89. The van der Waals surface area contributed by atoms with Crippen molar-refractivity contribution in [2.45, 2.75) is 45.8 Å². The van der Waals surface area contributed by atoms with E-state index >= 15 is 0 Å². The van der Waals surface area contributed by atoms with Gasteiger partial charge in [0.15, 0.2) is 5.13 Å². The van der Waals surface area contributed by atoms with Gasteiger partial charge in [-0.05, 0) is 84.8 Å². The van der Waals surface area contributed by atoms with E-state index in [2.05, 4.69) is 25.3 Å². The number of nitrogens with zero attached hydrogens (tertiary/aromatic N) is 2. The molecule has 0 radical (unpaired) electrons. The molecule has 0 saturated heterocycles. The maximum Gasteiger partial charge on any atom is 0.251 e. The number of aliphatic hydroxyl groups is 1. The molecule has 0 spiro atoms. The van der Waals surface area contributed by atoms with Crippen molar-refractivity contribution in [3.05, 3.63) is 119 Å². The molecule has 4 N–H and O–H groups in total. The lowest BCUT2D eigenvalue weighted by atomic mass is 10.0. The SMILES string of the molecule is COc1ccc(NS(=O)(=O)C[C@H](O)[C@H](Cc2ccccc2)NC(=O)c2ccc(C)c(Nc3nc(-c4cccnc4)cs3)c2)c(CC(C)C)c1. The molecule has 3 aromatic carbocycles. The fourth-order valence-corrected chi connectivity index (χ4v) is 7.38. The first-order valence-corrected chi connectivity index (χ1v) is 18.5. The van der Waals surface area contributed by atoms with Crippen LogP contribution < -0.4 is 20.1 Å². The molecule has 2 aromatic heterocycles. The van der Waals surface area contributed by atoms with Gasteiger partial charge in [0.2, 0.25) is 10.0 Å². The molecule has 0 saturated carbocycles. The number of anilines is 3. The molecule has 0 fully saturated rings. The zero-order valence-corrected chi connectivity index (χ0v) is 29.5. The van der Waals surface area contributed by atoms with E-state index in [0.29, 0.717) is 34.2 Å². The zero-order chi connectivity index (χ0) is 35.0. The van der Waals surface area contributed by atoms with Crippen molar-refractivity contribution in [3.8, 4) is 17.0 Å². The summed E-state index contributed by atoms with van der Waals surface area (Å²) in [6.45, 7) is 6.02. The molecule has 1 amide bonds. The molecule has 2 heterocycles. The number of pyridine rings is 1. The highest BCUT2D eigenvalue weighted by atomic mass is 32.2. The highest BCUT2D eigenvalue weighted by molar-refractivity contribution is 7.92. The summed E-state index contributed by atoms with van der Waals surface area (Å²) in [6, 6.07) is 22.6. The second-order valence-corrected chi connectivity index (χ2v) is 14.9. The summed E-state index contributed by atoms with van der Waals surface area (Å²) < 4.78 is 34.9. The Labute approximate surface area is 291 Å². The van der Waals surface area contributed by atoms with Gasteiger partial charge in [-0.25, -0.2) is 13.4 Å². The number of aromatic nitrogens is 2. The standard InChI is InChI=1S/C37H41N5O5S2/c1-24(2)17-29-19-30(47-4)14-15-31(29)42-49(45,46)23-35(43)33(18-26-9-6-5-7-10-26)39-36(44)27-13-12-25(3)32(20-27)40-37-41-34(22-48-37)28-11-8-16-38-21-28/h5-16,19-22,24,33,35,42-43H,17-18,23H2,1-4H3,(H,39,44)(H,40,41)/t33-,35-/m0/s1. The maximum atomic E-state index is 13.7. The first-order valence-electron chi connectivity index (χ1n) is 15.9. The van der Waals surface area contributed by atoms with Gasteiger partial charge in [0.25, 0.3) is 5.91 Å². The number of methoxy groups -OCH3 is 1. The van der Waals surface area contributed by atoms with Crippen LogP contribution in [0.25, 0.3) is 11.3 Å². The Morgan fingerprint density at radius 3 is 2.49 bits per heavy atom. The minimum absolute atomic E-state index is 0.220. The summed E-state index contributed by atoms with van der Waals surface area (Å²) in [7, 11) is -2.47. The van der Waals surface area contributed by atoms with E-state index < -0.39 is 33.8 Å². The van der Waals surface area contributed by atoms with Gasteiger partial charge in [-0.1, -0.05) is 50.2 Å². The van der Waals surface area contributed by atoms with Crippen LogP contribution in [-0.2, 0) is 22.9 Å². The summed E-state index contributed by atoms with van der Waals surface area (Å²) in [4.78, 5) is 22.5. The van der Waals surface area contributed by atoms with Crippen LogP contribution in [0, 0.1) is 12.8 Å². The Balaban J connectivity index is 1.33. The molecule has 5 rings (SSSR count). The maximum absolute atomic E-state index is 13.7. The van der Waals surface area contributed by atoms with Crippen LogP contribution in [0.15, 0.2) is 96.6 Å². The number of aliphatic hydroxyl groups excluding tert-OH is 1. The van der Waals surface area contributed by atoms with Crippen LogP contribution >= 0.6 is 11.3 Å². The molecule has 0 unspecified atom stereocenters. The van der Waals surface area contributed by atoms with Gasteiger partial charge in [-0.15, -0.1) is 11.3 Å². The Kier molecular flexibility index (Phi) is 11.7. The van der Waals surface area contributed by atoms with Crippen LogP contribution in [0.3, 0.4) is 0 Å².